The molecule has 0 aromatic heterocycles. The normalized spacial score (nSPS) is 18.6. The van der Waals surface area contributed by atoms with Gasteiger partial charge in [-0.05, 0) is 24.7 Å². The highest BCUT2D eigenvalue weighted by atomic mass is 16.4. The van der Waals surface area contributed by atoms with Gasteiger partial charge >= 0.3 is 5.97 Å². The second-order valence-corrected chi connectivity index (χ2v) is 4.22. The topological polar surface area (TPSA) is 49.3 Å². The average molecular weight is 197 g/mol. The summed E-state index contributed by atoms with van der Waals surface area (Å²) < 4.78 is 0. The molecule has 0 unspecified atom stereocenters. The number of hydrogen-bond acceptors (Lipinski definition) is 2. The van der Waals surface area contributed by atoms with Gasteiger partial charge in [-0.3, -0.25) is 0 Å². The van der Waals surface area contributed by atoms with Crippen LogP contribution in [0.2, 0.25) is 0 Å². The number of carboxylic acids is 1. The molecule has 1 fully saturated rings. The zero-order chi connectivity index (χ0) is 10.6. The summed E-state index contributed by atoms with van der Waals surface area (Å²) in [7, 11) is 0. The van der Waals surface area contributed by atoms with Gasteiger partial charge < -0.3 is 10.4 Å². The number of carboxylic acid groups (broad SMARTS) is 1. The molecular formula is C11H19NO2. The van der Waals surface area contributed by atoms with E-state index in [2.05, 4.69) is 18.8 Å². The molecular weight excluding hydrogens is 178 g/mol. The maximum absolute atomic E-state index is 10.5. The first-order valence-corrected chi connectivity index (χ1v) is 5.21. The molecule has 0 bridgehead atoms. The number of aliphatic carboxylic acids is 1. The quantitative estimate of drug-likeness (QED) is 0.638. The first kappa shape index (κ1) is 11.2. The zero-order valence-corrected chi connectivity index (χ0v) is 8.81. The summed E-state index contributed by atoms with van der Waals surface area (Å²) >= 11 is 0. The predicted octanol–water partition coefficient (Wildman–Crippen LogP) is 1.80. The summed E-state index contributed by atoms with van der Waals surface area (Å²) in [6.45, 7) is 7.01. The monoisotopic (exact) mass is 197 g/mol. The summed E-state index contributed by atoms with van der Waals surface area (Å²) in [5.74, 6) is -0.906. The van der Waals surface area contributed by atoms with E-state index in [0.29, 0.717) is 12.0 Å². The van der Waals surface area contributed by atoms with Crippen molar-refractivity contribution < 1.29 is 9.90 Å². The lowest BCUT2D eigenvalue weighted by Crippen LogP contribution is -2.40. The molecule has 14 heavy (non-hydrogen) atoms. The molecule has 0 heterocycles. The highest BCUT2D eigenvalue weighted by molar-refractivity contribution is 5.86. The van der Waals surface area contributed by atoms with Crippen LogP contribution in [0.4, 0.5) is 0 Å². The smallest absolute Gasteiger partial charge is 0.332 e. The summed E-state index contributed by atoms with van der Waals surface area (Å²) in [6, 6.07) is 0. The zero-order valence-electron chi connectivity index (χ0n) is 8.81. The molecule has 0 atom stereocenters. The Morgan fingerprint density at radius 1 is 1.57 bits per heavy atom. The lowest BCUT2D eigenvalue weighted by atomic mass is 9.67. The van der Waals surface area contributed by atoms with Crippen molar-refractivity contribution in [2.45, 2.75) is 32.6 Å². The second-order valence-electron chi connectivity index (χ2n) is 4.22. The summed E-state index contributed by atoms with van der Waals surface area (Å²) in [4.78, 5) is 10.5. The third-order valence-electron chi connectivity index (χ3n) is 3.31. The third-order valence-corrected chi connectivity index (χ3v) is 3.31. The molecule has 1 rings (SSSR count). The minimum atomic E-state index is -0.906. The van der Waals surface area contributed by atoms with Crippen molar-refractivity contribution in [2.24, 2.45) is 5.41 Å². The van der Waals surface area contributed by atoms with Gasteiger partial charge in [-0.15, -0.1) is 0 Å². The minimum absolute atomic E-state index is 0.246. The van der Waals surface area contributed by atoms with Gasteiger partial charge in [0.1, 0.15) is 0 Å². The summed E-state index contributed by atoms with van der Waals surface area (Å²) in [5, 5.41) is 11.8. The Bertz CT molecular complexity index is 226. The summed E-state index contributed by atoms with van der Waals surface area (Å²) in [5.41, 5.74) is 0.689. The van der Waals surface area contributed by atoms with E-state index in [1.54, 1.807) is 0 Å². The van der Waals surface area contributed by atoms with E-state index in [0.717, 1.165) is 6.54 Å². The Hall–Kier alpha value is -0.830. The van der Waals surface area contributed by atoms with Crippen LogP contribution in [-0.4, -0.2) is 24.2 Å². The highest BCUT2D eigenvalue weighted by Crippen LogP contribution is 2.42. The standard InChI is InChI=1S/C11H19NO2/c1-3-11(5-4-6-11)8-12-7-9(2)10(13)14/h12H,2-8H2,1H3,(H,13,14). The van der Waals surface area contributed by atoms with Crippen molar-refractivity contribution in [3.63, 3.8) is 0 Å². The van der Waals surface area contributed by atoms with E-state index in [4.69, 9.17) is 5.11 Å². The van der Waals surface area contributed by atoms with Gasteiger partial charge in [0, 0.05) is 18.7 Å². The average Bonchev–Trinajstić information content (AvgIpc) is 2.09. The van der Waals surface area contributed by atoms with Crippen LogP contribution in [-0.2, 0) is 4.79 Å². The fraction of sp³-hybridized carbons (Fsp3) is 0.727. The molecule has 1 aliphatic carbocycles. The lowest BCUT2D eigenvalue weighted by Gasteiger charge is -2.41. The predicted molar refractivity (Wildman–Crippen MR) is 56.2 cm³/mol. The van der Waals surface area contributed by atoms with Crippen molar-refractivity contribution in [3.8, 4) is 0 Å². The van der Waals surface area contributed by atoms with Gasteiger partial charge in [0.05, 0.1) is 0 Å². The largest absolute Gasteiger partial charge is 0.478 e. The molecule has 2 N–H and O–H groups in total. The molecule has 80 valence electrons. The van der Waals surface area contributed by atoms with E-state index < -0.39 is 5.97 Å². The van der Waals surface area contributed by atoms with Crippen LogP contribution >= 0.6 is 0 Å². The van der Waals surface area contributed by atoms with Crippen molar-refractivity contribution in [1.29, 1.82) is 0 Å². The fourth-order valence-electron chi connectivity index (χ4n) is 1.89. The molecule has 3 heteroatoms. The molecule has 1 saturated carbocycles. The lowest BCUT2D eigenvalue weighted by molar-refractivity contribution is -0.132. The molecule has 0 saturated heterocycles. The number of carbonyl (C=O) groups is 1. The van der Waals surface area contributed by atoms with Gasteiger partial charge in [-0.1, -0.05) is 19.9 Å². The van der Waals surface area contributed by atoms with E-state index in [1.807, 2.05) is 0 Å². The number of hydrogen-bond donors (Lipinski definition) is 2. The minimum Gasteiger partial charge on any atom is -0.478 e. The van der Waals surface area contributed by atoms with Crippen LogP contribution in [0.25, 0.3) is 0 Å². The Balaban J connectivity index is 2.20. The van der Waals surface area contributed by atoms with E-state index >= 15 is 0 Å². The Labute approximate surface area is 85.2 Å². The SMILES string of the molecule is C=C(CNCC1(CC)CCC1)C(=O)O. The molecule has 0 aromatic carbocycles. The van der Waals surface area contributed by atoms with Crippen LogP contribution in [0.15, 0.2) is 12.2 Å². The molecule has 0 aliphatic heterocycles. The van der Waals surface area contributed by atoms with Crippen LogP contribution in [0.3, 0.4) is 0 Å². The van der Waals surface area contributed by atoms with Gasteiger partial charge in [0.2, 0.25) is 0 Å². The Kier molecular flexibility index (Phi) is 3.69. The van der Waals surface area contributed by atoms with Crippen LogP contribution in [0, 0.1) is 5.41 Å². The van der Waals surface area contributed by atoms with Crippen molar-refractivity contribution in [2.75, 3.05) is 13.1 Å². The maximum Gasteiger partial charge on any atom is 0.332 e. The molecule has 1 aliphatic rings. The number of rotatable bonds is 6. The highest BCUT2D eigenvalue weighted by Gasteiger charge is 2.34. The van der Waals surface area contributed by atoms with Crippen molar-refractivity contribution in [3.05, 3.63) is 12.2 Å². The Morgan fingerprint density at radius 3 is 2.57 bits per heavy atom. The fourth-order valence-corrected chi connectivity index (χ4v) is 1.89. The van der Waals surface area contributed by atoms with Crippen LogP contribution in [0.5, 0.6) is 0 Å². The van der Waals surface area contributed by atoms with Gasteiger partial charge in [0.15, 0.2) is 0 Å². The molecule has 0 spiro atoms. The van der Waals surface area contributed by atoms with E-state index in [1.165, 1.54) is 25.7 Å². The maximum atomic E-state index is 10.5. The first-order valence-electron chi connectivity index (χ1n) is 5.21. The Morgan fingerprint density at radius 2 is 2.21 bits per heavy atom. The molecule has 0 aromatic rings. The molecule has 0 amide bonds. The van der Waals surface area contributed by atoms with Gasteiger partial charge in [-0.25, -0.2) is 4.79 Å². The number of nitrogens with one attached hydrogen (secondary N) is 1. The molecule has 0 radical (unpaired) electrons. The third kappa shape index (κ3) is 2.58. The van der Waals surface area contributed by atoms with Crippen LogP contribution in [0.1, 0.15) is 32.6 Å². The van der Waals surface area contributed by atoms with Crippen LogP contribution < -0.4 is 5.32 Å². The summed E-state index contributed by atoms with van der Waals surface area (Å²) in [6.07, 6.45) is 5.04. The molecule has 3 nitrogen and oxygen atoms in total. The van der Waals surface area contributed by atoms with E-state index in [-0.39, 0.29) is 5.57 Å². The van der Waals surface area contributed by atoms with E-state index in [9.17, 15) is 4.79 Å². The van der Waals surface area contributed by atoms with Crippen molar-refractivity contribution >= 4 is 5.97 Å². The van der Waals surface area contributed by atoms with Crippen molar-refractivity contribution in [1.82, 2.24) is 5.32 Å². The van der Waals surface area contributed by atoms with Gasteiger partial charge in [0.25, 0.3) is 0 Å². The van der Waals surface area contributed by atoms with Gasteiger partial charge in [-0.2, -0.15) is 0 Å². The first-order chi connectivity index (χ1) is 6.59. The second kappa shape index (κ2) is 4.60.